The van der Waals surface area contributed by atoms with E-state index >= 15 is 0 Å². The van der Waals surface area contributed by atoms with Crippen LogP contribution in [0.15, 0.2) is 16.7 Å². The zero-order valence-corrected chi connectivity index (χ0v) is 13.0. The SMILES string of the molecule is Brc1cnc2nc(C3CCC4CCCCC4N3)[nH]c2c1. The maximum Gasteiger partial charge on any atom is 0.177 e. The van der Waals surface area contributed by atoms with Crippen LogP contribution in [0.1, 0.15) is 50.4 Å². The molecule has 106 valence electrons. The lowest BCUT2D eigenvalue weighted by atomic mass is 9.77. The molecule has 4 nitrogen and oxygen atoms in total. The van der Waals surface area contributed by atoms with Crippen molar-refractivity contribution in [2.24, 2.45) is 5.92 Å². The number of fused-ring (bicyclic) bond motifs is 2. The van der Waals surface area contributed by atoms with Crippen molar-refractivity contribution in [3.05, 3.63) is 22.6 Å². The molecule has 2 N–H and O–H groups in total. The summed E-state index contributed by atoms with van der Waals surface area (Å²) < 4.78 is 0.990. The van der Waals surface area contributed by atoms with Crippen LogP contribution in [0.5, 0.6) is 0 Å². The van der Waals surface area contributed by atoms with Crippen molar-refractivity contribution < 1.29 is 0 Å². The number of nitrogens with one attached hydrogen (secondary N) is 2. The van der Waals surface area contributed by atoms with Crippen LogP contribution in [-0.2, 0) is 0 Å². The molecule has 5 heteroatoms. The number of aromatic amines is 1. The van der Waals surface area contributed by atoms with E-state index in [2.05, 4.69) is 36.2 Å². The van der Waals surface area contributed by atoms with Crippen LogP contribution in [-0.4, -0.2) is 21.0 Å². The molecule has 0 amide bonds. The summed E-state index contributed by atoms with van der Waals surface area (Å²) in [6.45, 7) is 0. The van der Waals surface area contributed by atoms with E-state index < -0.39 is 0 Å². The van der Waals surface area contributed by atoms with Crippen molar-refractivity contribution in [1.29, 1.82) is 0 Å². The van der Waals surface area contributed by atoms with Gasteiger partial charge in [0.25, 0.3) is 0 Å². The van der Waals surface area contributed by atoms with Crippen LogP contribution in [0, 0.1) is 5.92 Å². The van der Waals surface area contributed by atoms with Crippen LogP contribution in [0.2, 0.25) is 0 Å². The van der Waals surface area contributed by atoms with Crippen LogP contribution >= 0.6 is 15.9 Å². The zero-order chi connectivity index (χ0) is 13.5. The van der Waals surface area contributed by atoms with E-state index in [1.165, 1.54) is 38.5 Å². The lowest BCUT2D eigenvalue weighted by Gasteiger charge is -2.39. The minimum atomic E-state index is 0.363. The third-order valence-electron chi connectivity index (χ3n) is 4.80. The molecule has 1 aliphatic carbocycles. The van der Waals surface area contributed by atoms with Crippen LogP contribution in [0.25, 0.3) is 11.2 Å². The highest BCUT2D eigenvalue weighted by atomic mass is 79.9. The third-order valence-corrected chi connectivity index (χ3v) is 5.24. The number of halogens is 1. The molecule has 1 saturated carbocycles. The summed E-state index contributed by atoms with van der Waals surface area (Å²) in [5.74, 6) is 1.94. The first-order chi connectivity index (χ1) is 9.79. The van der Waals surface area contributed by atoms with E-state index in [1.54, 1.807) is 6.20 Å². The summed E-state index contributed by atoms with van der Waals surface area (Å²) in [6, 6.07) is 3.10. The molecule has 2 aliphatic rings. The normalized spacial score (nSPS) is 30.4. The number of hydrogen-bond acceptors (Lipinski definition) is 3. The molecule has 2 aromatic rings. The lowest BCUT2D eigenvalue weighted by molar-refractivity contribution is 0.174. The summed E-state index contributed by atoms with van der Waals surface area (Å²) >= 11 is 3.46. The number of pyridine rings is 1. The Morgan fingerprint density at radius 2 is 2.05 bits per heavy atom. The number of rotatable bonds is 1. The number of hydrogen-bond donors (Lipinski definition) is 2. The molecule has 1 aliphatic heterocycles. The average molecular weight is 335 g/mol. The first-order valence-electron chi connectivity index (χ1n) is 7.57. The number of aromatic nitrogens is 3. The van der Waals surface area contributed by atoms with E-state index in [4.69, 9.17) is 0 Å². The third kappa shape index (κ3) is 2.27. The smallest absolute Gasteiger partial charge is 0.177 e. The van der Waals surface area contributed by atoms with Gasteiger partial charge in [-0.25, -0.2) is 9.97 Å². The predicted molar refractivity (Wildman–Crippen MR) is 82.4 cm³/mol. The molecule has 2 aromatic heterocycles. The van der Waals surface area contributed by atoms with Crippen LogP contribution in [0.3, 0.4) is 0 Å². The van der Waals surface area contributed by atoms with Gasteiger partial charge in [0.1, 0.15) is 5.82 Å². The van der Waals surface area contributed by atoms with Gasteiger partial charge in [-0.15, -0.1) is 0 Å². The van der Waals surface area contributed by atoms with Gasteiger partial charge in [-0.05, 0) is 53.6 Å². The van der Waals surface area contributed by atoms with E-state index in [-0.39, 0.29) is 0 Å². The standard InChI is InChI=1S/C15H19BrN4/c16-10-7-13-14(17-8-10)20-15(19-13)12-6-5-9-3-1-2-4-11(9)18-12/h7-9,11-12,18H,1-6H2,(H,17,19,20). The van der Waals surface area contributed by atoms with Gasteiger partial charge in [0.05, 0.1) is 11.6 Å². The van der Waals surface area contributed by atoms with Crippen LogP contribution in [0.4, 0.5) is 0 Å². The molecular weight excluding hydrogens is 316 g/mol. The van der Waals surface area contributed by atoms with Gasteiger partial charge >= 0.3 is 0 Å². The second-order valence-corrected chi connectivity index (χ2v) is 7.01. The number of H-pyrrole nitrogens is 1. The molecule has 20 heavy (non-hydrogen) atoms. The number of imidazole rings is 1. The second kappa shape index (κ2) is 5.11. The molecular formula is C15H19BrN4. The Morgan fingerprint density at radius 1 is 1.15 bits per heavy atom. The zero-order valence-electron chi connectivity index (χ0n) is 11.4. The molecule has 0 spiro atoms. The second-order valence-electron chi connectivity index (χ2n) is 6.09. The van der Waals surface area contributed by atoms with E-state index in [1.807, 2.05) is 6.07 Å². The fourth-order valence-corrected chi connectivity index (χ4v) is 4.10. The Balaban J connectivity index is 1.59. The van der Waals surface area contributed by atoms with Gasteiger partial charge in [0.15, 0.2) is 5.65 Å². The fourth-order valence-electron chi connectivity index (χ4n) is 3.77. The summed E-state index contributed by atoms with van der Waals surface area (Å²) in [4.78, 5) is 12.5. The predicted octanol–water partition coefficient (Wildman–Crippen LogP) is 3.70. The first kappa shape index (κ1) is 12.8. The molecule has 4 rings (SSSR count). The highest BCUT2D eigenvalue weighted by molar-refractivity contribution is 9.10. The minimum absolute atomic E-state index is 0.363. The maximum absolute atomic E-state index is 4.67. The Labute approximate surface area is 126 Å². The maximum atomic E-state index is 4.67. The van der Waals surface area contributed by atoms with Crippen LogP contribution < -0.4 is 5.32 Å². The molecule has 3 heterocycles. The highest BCUT2D eigenvalue weighted by Crippen LogP contribution is 2.36. The van der Waals surface area contributed by atoms with Gasteiger partial charge in [-0.1, -0.05) is 12.8 Å². The molecule has 1 saturated heterocycles. The van der Waals surface area contributed by atoms with Crippen molar-refractivity contribution in [2.75, 3.05) is 0 Å². The molecule has 0 bridgehead atoms. The average Bonchev–Trinajstić information content (AvgIpc) is 2.89. The van der Waals surface area contributed by atoms with Gasteiger partial charge in [0, 0.05) is 16.7 Å². The highest BCUT2D eigenvalue weighted by Gasteiger charge is 2.33. The van der Waals surface area contributed by atoms with Gasteiger partial charge in [-0.3, -0.25) is 0 Å². The van der Waals surface area contributed by atoms with E-state index in [0.717, 1.165) is 27.4 Å². The Hall–Kier alpha value is -0.940. The van der Waals surface area contributed by atoms with Crippen molar-refractivity contribution in [2.45, 2.75) is 50.6 Å². The largest absolute Gasteiger partial charge is 0.339 e. The van der Waals surface area contributed by atoms with E-state index in [0.29, 0.717) is 12.1 Å². The lowest BCUT2D eigenvalue weighted by Crippen LogP contribution is -2.45. The van der Waals surface area contributed by atoms with Crippen molar-refractivity contribution in [1.82, 2.24) is 20.3 Å². The van der Waals surface area contributed by atoms with Gasteiger partial charge < -0.3 is 10.3 Å². The molecule has 3 unspecified atom stereocenters. The fraction of sp³-hybridized carbons (Fsp3) is 0.600. The summed E-state index contributed by atoms with van der Waals surface area (Å²) in [6.07, 6.45) is 9.83. The molecule has 0 radical (unpaired) electrons. The minimum Gasteiger partial charge on any atom is -0.339 e. The summed E-state index contributed by atoms with van der Waals surface area (Å²) in [5, 5.41) is 3.81. The Morgan fingerprint density at radius 3 is 3.00 bits per heavy atom. The Bertz CT molecular complexity index is 623. The Kier molecular flexibility index (Phi) is 3.27. The topological polar surface area (TPSA) is 53.6 Å². The summed E-state index contributed by atoms with van der Waals surface area (Å²) in [7, 11) is 0. The van der Waals surface area contributed by atoms with Crippen molar-refractivity contribution in [3.8, 4) is 0 Å². The van der Waals surface area contributed by atoms with Gasteiger partial charge in [-0.2, -0.15) is 0 Å². The van der Waals surface area contributed by atoms with Crippen molar-refractivity contribution in [3.63, 3.8) is 0 Å². The van der Waals surface area contributed by atoms with E-state index in [9.17, 15) is 0 Å². The van der Waals surface area contributed by atoms with Crippen molar-refractivity contribution >= 4 is 27.1 Å². The molecule has 2 fully saturated rings. The molecule has 3 atom stereocenters. The van der Waals surface area contributed by atoms with Gasteiger partial charge in [0.2, 0.25) is 0 Å². The monoisotopic (exact) mass is 334 g/mol. The number of nitrogens with zero attached hydrogens (tertiary/aromatic N) is 2. The first-order valence-corrected chi connectivity index (χ1v) is 8.36. The summed E-state index contributed by atoms with van der Waals surface area (Å²) in [5.41, 5.74) is 1.83. The molecule has 0 aromatic carbocycles. The quantitative estimate of drug-likeness (QED) is 0.835. The number of piperidine rings is 1.